The van der Waals surface area contributed by atoms with Gasteiger partial charge in [0.2, 0.25) is 6.29 Å². The molecule has 0 spiro atoms. The first-order valence-corrected chi connectivity index (χ1v) is 11.4. The molecule has 2 saturated heterocycles. The lowest BCUT2D eigenvalue weighted by atomic mass is 9.85. The van der Waals surface area contributed by atoms with Crippen molar-refractivity contribution in [1.29, 1.82) is 0 Å². The first-order chi connectivity index (χ1) is 16.1. The summed E-state index contributed by atoms with van der Waals surface area (Å²) in [5.74, 6) is -1.28. The fourth-order valence-electron chi connectivity index (χ4n) is 4.81. The highest BCUT2D eigenvalue weighted by atomic mass is 16.8. The Kier molecular flexibility index (Phi) is 7.96. The van der Waals surface area contributed by atoms with Crippen LogP contribution >= 0.6 is 0 Å². The molecule has 12 heteroatoms. The van der Waals surface area contributed by atoms with Crippen LogP contribution in [0.1, 0.15) is 13.8 Å². The van der Waals surface area contributed by atoms with E-state index < -0.39 is 80.0 Å². The van der Waals surface area contributed by atoms with Gasteiger partial charge in [-0.3, -0.25) is 0 Å². The predicted octanol–water partition coefficient (Wildman–Crippen LogP) is -2.67. The van der Waals surface area contributed by atoms with Gasteiger partial charge in [0, 0.05) is 17.8 Å². The van der Waals surface area contributed by atoms with Crippen molar-refractivity contribution in [3.05, 3.63) is 24.0 Å². The molecule has 3 heterocycles. The van der Waals surface area contributed by atoms with Gasteiger partial charge in [0.25, 0.3) is 0 Å². The molecule has 0 bridgehead atoms. The van der Waals surface area contributed by atoms with Crippen LogP contribution in [-0.4, -0.2) is 117 Å². The fourth-order valence-corrected chi connectivity index (χ4v) is 4.81. The maximum atomic E-state index is 10.5. The summed E-state index contributed by atoms with van der Waals surface area (Å²) in [5.41, 5.74) is 0.563. The van der Waals surface area contributed by atoms with Gasteiger partial charge in [-0.25, -0.2) is 0 Å². The minimum Gasteiger partial charge on any atom is -0.472 e. The molecule has 0 saturated carbocycles. The van der Waals surface area contributed by atoms with E-state index in [-0.39, 0.29) is 18.6 Å². The molecule has 4 rings (SSSR count). The lowest BCUT2D eigenvalue weighted by Gasteiger charge is -2.43. The minimum atomic E-state index is -1.60. The maximum absolute atomic E-state index is 10.5. The Morgan fingerprint density at radius 2 is 1.53 bits per heavy atom. The Hall–Kier alpha value is -1.16. The summed E-state index contributed by atoms with van der Waals surface area (Å²) in [6.45, 7) is 2.90. The Labute approximate surface area is 196 Å². The van der Waals surface area contributed by atoms with Gasteiger partial charge in [0.15, 0.2) is 12.6 Å². The summed E-state index contributed by atoms with van der Waals surface area (Å²) in [7, 11) is 0. The third-order valence-electron chi connectivity index (χ3n) is 7.20. The quantitative estimate of drug-likeness (QED) is 0.192. The van der Waals surface area contributed by atoms with Crippen molar-refractivity contribution in [2.45, 2.75) is 81.5 Å². The predicted molar refractivity (Wildman–Crippen MR) is 111 cm³/mol. The van der Waals surface area contributed by atoms with Crippen LogP contribution in [-0.2, 0) is 23.7 Å². The largest absolute Gasteiger partial charge is 0.472 e. The van der Waals surface area contributed by atoms with E-state index >= 15 is 0 Å². The Bertz CT molecular complexity index is 758. The number of rotatable bonds is 6. The van der Waals surface area contributed by atoms with E-state index in [0.717, 1.165) is 0 Å². The van der Waals surface area contributed by atoms with Crippen LogP contribution in [0.3, 0.4) is 0 Å². The third-order valence-corrected chi connectivity index (χ3v) is 7.20. The van der Waals surface area contributed by atoms with Crippen LogP contribution in [0, 0.1) is 17.8 Å². The average Bonchev–Trinajstić information content (AvgIpc) is 3.22. The van der Waals surface area contributed by atoms with E-state index in [1.807, 2.05) is 0 Å². The van der Waals surface area contributed by atoms with Crippen molar-refractivity contribution in [2.75, 3.05) is 13.2 Å². The summed E-state index contributed by atoms with van der Waals surface area (Å²) in [5, 5.41) is 70.6. The van der Waals surface area contributed by atoms with Gasteiger partial charge in [-0.2, -0.15) is 0 Å². The molecule has 34 heavy (non-hydrogen) atoms. The molecule has 14 atom stereocenters. The monoisotopic (exact) mass is 490 g/mol. The van der Waals surface area contributed by atoms with Crippen molar-refractivity contribution in [3.63, 3.8) is 0 Å². The first-order valence-electron chi connectivity index (χ1n) is 11.4. The smallest absolute Gasteiger partial charge is 0.208 e. The van der Waals surface area contributed by atoms with Crippen molar-refractivity contribution >= 4 is 0 Å². The summed E-state index contributed by atoms with van der Waals surface area (Å²) in [6, 6.07) is 0. The van der Waals surface area contributed by atoms with E-state index in [2.05, 4.69) is 0 Å². The van der Waals surface area contributed by atoms with E-state index in [4.69, 9.17) is 23.7 Å². The van der Waals surface area contributed by atoms with Crippen molar-refractivity contribution in [1.82, 2.24) is 0 Å². The number of aliphatic hydroxyl groups is 7. The van der Waals surface area contributed by atoms with Gasteiger partial charge in [0.05, 0.1) is 37.8 Å². The molecule has 4 aliphatic rings. The molecule has 12 nitrogen and oxygen atoms in total. The van der Waals surface area contributed by atoms with Crippen molar-refractivity contribution < 1.29 is 59.4 Å². The Morgan fingerprint density at radius 1 is 0.824 bits per heavy atom. The van der Waals surface area contributed by atoms with E-state index in [0.29, 0.717) is 5.57 Å². The zero-order valence-electron chi connectivity index (χ0n) is 18.9. The molecule has 0 unspecified atom stereocenters. The van der Waals surface area contributed by atoms with Crippen LogP contribution in [0.4, 0.5) is 0 Å². The molecule has 1 aliphatic carbocycles. The molecule has 0 radical (unpaired) electrons. The van der Waals surface area contributed by atoms with Gasteiger partial charge in [-0.1, -0.05) is 19.1 Å². The average molecular weight is 491 g/mol. The number of ether oxygens (including phenoxy) is 5. The second-order valence-electron chi connectivity index (χ2n) is 9.37. The highest BCUT2D eigenvalue weighted by Gasteiger charge is 2.49. The van der Waals surface area contributed by atoms with Crippen LogP contribution in [0.15, 0.2) is 24.0 Å². The molecule has 3 aliphatic heterocycles. The van der Waals surface area contributed by atoms with Gasteiger partial charge >= 0.3 is 0 Å². The molecule has 7 N–H and O–H groups in total. The molecule has 0 aromatic heterocycles. The molecule has 0 aromatic rings. The third kappa shape index (κ3) is 4.77. The zero-order chi connectivity index (χ0) is 24.7. The summed E-state index contributed by atoms with van der Waals surface area (Å²) >= 11 is 0. The Morgan fingerprint density at radius 3 is 2.24 bits per heavy atom. The van der Waals surface area contributed by atoms with Crippen LogP contribution < -0.4 is 0 Å². The molecular weight excluding hydrogens is 456 g/mol. The van der Waals surface area contributed by atoms with Crippen molar-refractivity contribution in [3.8, 4) is 0 Å². The highest BCUT2D eigenvalue weighted by molar-refractivity contribution is 5.23. The zero-order valence-corrected chi connectivity index (χ0v) is 18.9. The van der Waals surface area contributed by atoms with Gasteiger partial charge in [-0.15, -0.1) is 0 Å². The molecule has 2 fully saturated rings. The highest BCUT2D eigenvalue weighted by Crippen LogP contribution is 2.41. The van der Waals surface area contributed by atoms with E-state index in [1.54, 1.807) is 26.0 Å². The molecule has 0 amide bonds. The van der Waals surface area contributed by atoms with Gasteiger partial charge < -0.3 is 59.4 Å². The first kappa shape index (κ1) is 25.9. The lowest BCUT2D eigenvalue weighted by Crippen LogP contribution is -2.60. The fraction of sp³-hybridized carbons (Fsp3) is 0.818. The lowest BCUT2D eigenvalue weighted by molar-refractivity contribution is -0.339. The maximum Gasteiger partial charge on any atom is 0.208 e. The number of aliphatic hydroxyl groups excluding tert-OH is 7. The van der Waals surface area contributed by atoms with Crippen LogP contribution in [0.5, 0.6) is 0 Å². The molecule has 0 aromatic carbocycles. The summed E-state index contributed by atoms with van der Waals surface area (Å²) in [6.07, 6.45) is -8.14. The van der Waals surface area contributed by atoms with Crippen LogP contribution in [0.2, 0.25) is 0 Å². The number of hydrogen-bond donors (Lipinski definition) is 7. The minimum absolute atomic E-state index is 0.0534. The summed E-state index contributed by atoms with van der Waals surface area (Å²) in [4.78, 5) is 0. The second-order valence-corrected chi connectivity index (χ2v) is 9.37. The number of hydrogen-bond acceptors (Lipinski definition) is 12. The van der Waals surface area contributed by atoms with Crippen molar-refractivity contribution in [2.24, 2.45) is 17.8 Å². The van der Waals surface area contributed by atoms with Gasteiger partial charge in [0.1, 0.15) is 30.5 Å². The molecular formula is C22H34O12. The standard InChI is InChI=1S/C22H34O12/c1-8-9(2)32-21(18(28)15(8)25)31-7-10-6-30-20(11-3-4-12(24)14(10)11)34-22-19(29)17(27)16(26)13(5-23)33-22/h3-4,6,8-9,11-29H,5,7H2,1-2H3/t8-,9-,11-,12-,13-,14-,15+,16-,17+,18-,19-,20+,21-,22+/m1/s1. The van der Waals surface area contributed by atoms with E-state index in [9.17, 15) is 35.7 Å². The normalized spacial score (nSPS) is 51.0. The van der Waals surface area contributed by atoms with E-state index in [1.165, 1.54) is 6.26 Å². The van der Waals surface area contributed by atoms with Gasteiger partial charge in [-0.05, 0) is 12.5 Å². The molecule has 194 valence electrons. The summed E-state index contributed by atoms with van der Waals surface area (Å²) < 4.78 is 28.2. The SMILES string of the molecule is C[C@H]1[C@H](O)[C@@H](O)[C@H](OCC2=CO[C@@H](O[C@@H]3O[C@H](CO)[C@@H](O)[C@H](O)[C@H]3O)[C@@H]3C=C[C@@H](O)[C@H]23)O[C@@H]1C. The topological polar surface area (TPSA) is 188 Å². The van der Waals surface area contributed by atoms with Crippen LogP contribution in [0.25, 0.3) is 0 Å². The Balaban J connectivity index is 1.42. The number of fused-ring (bicyclic) bond motifs is 1. The second kappa shape index (κ2) is 10.4.